The first-order valence-corrected chi connectivity index (χ1v) is 6.49. The van der Waals surface area contributed by atoms with Crippen LogP contribution >= 0.6 is 0 Å². The first-order valence-electron chi connectivity index (χ1n) is 6.49. The van der Waals surface area contributed by atoms with Crippen molar-refractivity contribution in [3.8, 4) is 11.5 Å². The van der Waals surface area contributed by atoms with Crippen molar-refractivity contribution in [3.05, 3.63) is 36.4 Å². The molecule has 0 spiro atoms. The summed E-state index contributed by atoms with van der Waals surface area (Å²) < 4.78 is 5.19. The molecule has 5 nitrogen and oxygen atoms in total. The smallest absolute Gasteiger partial charge is 0.322 e. The van der Waals surface area contributed by atoms with Crippen molar-refractivity contribution in [2.45, 2.75) is 26.3 Å². The molecule has 5 heteroatoms. The van der Waals surface area contributed by atoms with E-state index in [1.165, 1.54) is 0 Å². The van der Waals surface area contributed by atoms with E-state index in [9.17, 15) is 0 Å². The van der Waals surface area contributed by atoms with Crippen LogP contribution in [0.3, 0.4) is 0 Å². The van der Waals surface area contributed by atoms with Crippen LogP contribution < -0.4 is 5.32 Å². The molecule has 0 saturated heterocycles. The molecule has 0 bridgehead atoms. The summed E-state index contributed by atoms with van der Waals surface area (Å²) in [4.78, 5) is 8.86. The summed E-state index contributed by atoms with van der Waals surface area (Å²) in [5.74, 6) is 0.488. The van der Waals surface area contributed by atoms with E-state index < -0.39 is 0 Å². The number of benzene rings is 1. The molecule has 2 aromatic heterocycles. The summed E-state index contributed by atoms with van der Waals surface area (Å²) in [5, 5.41) is 8.20. The minimum absolute atomic E-state index is 0.124. The molecule has 2 heterocycles. The summed E-state index contributed by atoms with van der Waals surface area (Å²) in [6, 6.07) is 12.2. The van der Waals surface area contributed by atoms with E-state index in [2.05, 4.69) is 20.4 Å². The van der Waals surface area contributed by atoms with E-state index in [1.807, 2.05) is 57.2 Å². The van der Waals surface area contributed by atoms with Gasteiger partial charge in [0.2, 0.25) is 5.82 Å². The van der Waals surface area contributed by atoms with Crippen molar-refractivity contribution in [2.75, 3.05) is 5.32 Å². The first kappa shape index (κ1) is 12.6. The van der Waals surface area contributed by atoms with Crippen LogP contribution in [0.4, 0.5) is 6.01 Å². The number of rotatable bonds is 2. The standard InChI is InChI=1S/C15H16N4O/c1-15(2,3)18-14-17-13(19-20-14)12-9-8-10-6-4-5-7-11(10)16-12/h4-9H,1-3H3,(H,17,18,19). The molecule has 0 saturated carbocycles. The minimum Gasteiger partial charge on any atom is -0.333 e. The Kier molecular flexibility index (Phi) is 2.89. The highest BCUT2D eigenvalue weighted by atomic mass is 16.5. The third-order valence-electron chi connectivity index (χ3n) is 2.74. The Labute approximate surface area is 117 Å². The fraction of sp³-hybridized carbons (Fsp3) is 0.267. The highest BCUT2D eigenvalue weighted by Crippen LogP contribution is 2.20. The second kappa shape index (κ2) is 4.59. The van der Waals surface area contributed by atoms with Gasteiger partial charge in [0.15, 0.2) is 0 Å². The van der Waals surface area contributed by atoms with Crippen LogP contribution in [0, 0.1) is 0 Å². The van der Waals surface area contributed by atoms with Crippen molar-refractivity contribution in [1.82, 2.24) is 15.1 Å². The second-order valence-corrected chi connectivity index (χ2v) is 5.69. The summed E-state index contributed by atoms with van der Waals surface area (Å²) in [6.07, 6.45) is 0. The monoisotopic (exact) mass is 268 g/mol. The third kappa shape index (κ3) is 2.61. The molecule has 0 amide bonds. The van der Waals surface area contributed by atoms with Crippen molar-refractivity contribution in [1.29, 1.82) is 0 Å². The highest BCUT2D eigenvalue weighted by Gasteiger charge is 2.15. The van der Waals surface area contributed by atoms with Gasteiger partial charge < -0.3 is 9.84 Å². The summed E-state index contributed by atoms with van der Waals surface area (Å²) in [5.41, 5.74) is 1.50. The molecule has 0 fully saturated rings. The number of fused-ring (bicyclic) bond motifs is 1. The van der Waals surface area contributed by atoms with Gasteiger partial charge in [-0.25, -0.2) is 4.98 Å². The van der Waals surface area contributed by atoms with Gasteiger partial charge in [0.05, 0.1) is 5.52 Å². The van der Waals surface area contributed by atoms with E-state index in [0.717, 1.165) is 10.9 Å². The SMILES string of the molecule is CC(C)(C)Nc1nc(-c2ccc3ccccc3n2)no1. The van der Waals surface area contributed by atoms with Crippen molar-refractivity contribution in [3.63, 3.8) is 0 Å². The number of anilines is 1. The molecule has 0 radical (unpaired) electrons. The molecule has 0 atom stereocenters. The first-order chi connectivity index (χ1) is 9.51. The molecule has 3 aromatic rings. The molecular weight excluding hydrogens is 252 g/mol. The number of pyridine rings is 1. The van der Waals surface area contributed by atoms with Gasteiger partial charge in [-0.3, -0.25) is 0 Å². The Balaban J connectivity index is 1.95. The number of hydrogen-bond acceptors (Lipinski definition) is 5. The molecule has 0 unspecified atom stereocenters. The zero-order chi connectivity index (χ0) is 14.2. The topological polar surface area (TPSA) is 63.8 Å². The Hall–Kier alpha value is -2.43. The normalized spacial score (nSPS) is 11.8. The summed E-state index contributed by atoms with van der Waals surface area (Å²) in [7, 11) is 0. The molecule has 1 aromatic carbocycles. The lowest BCUT2D eigenvalue weighted by Crippen LogP contribution is -2.26. The minimum atomic E-state index is -0.124. The van der Waals surface area contributed by atoms with Crippen LogP contribution in [0.2, 0.25) is 0 Å². The van der Waals surface area contributed by atoms with E-state index in [0.29, 0.717) is 17.5 Å². The van der Waals surface area contributed by atoms with Gasteiger partial charge >= 0.3 is 6.01 Å². The lowest BCUT2D eigenvalue weighted by Gasteiger charge is -2.17. The number of nitrogens with one attached hydrogen (secondary N) is 1. The van der Waals surface area contributed by atoms with Gasteiger partial charge in [0.25, 0.3) is 0 Å². The van der Waals surface area contributed by atoms with Crippen molar-refractivity contribution >= 4 is 16.9 Å². The molecule has 3 rings (SSSR count). The van der Waals surface area contributed by atoms with Crippen LogP contribution in [0.25, 0.3) is 22.4 Å². The van der Waals surface area contributed by atoms with E-state index in [1.54, 1.807) is 0 Å². The maximum atomic E-state index is 5.19. The average Bonchev–Trinajstić information content (AvgIpc) is 2.84. The van der Waals surface area contributed by atoms with Crippen molar-refractivity contribution in [2.24, 2.45) is 0 Å². The highest BCUT2D eigenvalue weighted by molar-refractivity contribution is 5.80. The Morgan fingerprint density at radius 3 is 2.60 bits per heavy atom. The maximum absolute atomic E-state index is 5.19. The molecule has 0 aliphatic heterocycles. The summed E-state index contributed by atoms with van der Waals surface area (Å²) in [6.45, 7) is 6.10. The molecule has 0 aliphatic carbocycles. The molecule has 20 heavy (non-hydrogen) atoms. The average molecular weight is 268 g/mol. The van der Waals surface area contributed by atoms with Gasteiger partial charge in [-0.2, -0.15) is 4.98 Å². The van der Waals surface area contributed by atoms with Crippen LogP contribution in [0.5, 0.6) is 0 Å². The van der Waals surface area contributed by atoms with Gasteiger partial charge in [-0.15, -0.1) is 0 Å². The van der Waals surface area contributed by atoms with E-state index >= 15 is 0 Å². The van der Waals surface area contributed by atoms with Gasteiger partial charge in [0.1, 0.15) is 5.69 Å². The van der Waals surface area contributed by atoms with E-state index in [4.69, 9.17) is 4.52 Å². The van der Waals surface area contributed by atoms with Gasteiger partial charge in [0, 0.05) is 10.9 Å². The number of nitrogens with zero attached hydrogens (tertiary/aromatic N) is 3. The number of hydrogen-bond donors (Lipinski definition) is 1. The van der Waals surface area contributed by atoms with E-state index in [-0.39, 0.29) is 5.54 Å². The lowest BCUT2D eigenvalue weighted by molar-refractivity contribution is 0.420. The zero-order valence-corrected chi connectivity index (χ0v) is 11.7. The van der Waals surface area contributed by atoms with Gasteiger partial charge in [-0.05, 0) is 32.9 Å². The van der Waals surface area contributed by atoms with Crippen LogP contribution in [0.15, 0.2) is 40.9 Å². The van der Waals surface area contributed by atoms with Crippen LogP contribution in [0.1, 0.15) is 20.8 Å². The fourth-order valence-corrected chi connectivity index (χ4v) is 1.89. The van der Waals surface area contributed by atoms with Crippen molar-refractivity contribution < 1.29 is 4.52 Å². The predicted octanol–water partition coefficient (Wildman–Crippen LogP) is 3.50. The maximum Gasteiger partial charge on any atom is 0.322 e. The van der Waals surface area contributed by atoms with Crippen LogP contribution in [-0.2, 0) is 0 Å². The molecule has 0 aliphatic rings. The zero-order valence-electron chi connectivity index (χ0n) is 11.7. The van der Waals surface area contributed by atoms with Gasteiger partial charge in [-0.1, -0.05) is 29.4 Å². The largest absolute Gasteiger partial charge is 0.333 e. The lowest BCUT2D eigenvalue weighted by atomic mass is 10.1. The number of aromatic nitrogens is 3. The Morgan fingerprint density at radius 1 is 1.00 bits per heavy atom. The number of para-hydroxylation sites is 1. The molecular formula is C15H16N4O. The Bertz CT molecular complexity index is 743. The fourth-order valence-electron chi connectivity index (χ4n) is 1.89. The van der Waals surface area contributed by atoms with Crippen LogP contribution in [-0.4, -0.2) is 20.7 Å². The Morgan fingerprint density at radius 2 is 1.80 bits per heavy atom. The molecule has 102 valence electrons. The third-order valence-corrected chi connectivity index (χ3v) is 2.74. The molecule has 1 N–H and O–H groups in total. The quantitative estimate of drug-likeness (QED) is 0.770. The second-order valence-electron chi connectivity index (χ2n) is 5.69. The predicted molar refractivity (Wildman–Crippen MR) is 78.4 cm³/mol. The summed E-state index contributed by atoms with van der Waals surface area (Å²) >= 11 is 0.